The van der Waals surface area contributed by atoms with Crippen molar-refractivity contribution in [2.24, 2.45) is 5.92 Å². The van der Waals surface area contributed by atoms with Crippen molar-refractivity contribution in [1.29, 1.82) is 0 Å². The normalized spacial score (nSPS) is 22.6. The van der Waals surface area contributed by atoms with Crippen LogP contribution in [0, 0.1) is 5.92 Å². The van der Waals surface area contributed by atoms with Gasteiger partial charge in [-0.2, -0.15) is 0 Å². The number of rotatable bonds is 4. The van der Waals surface area contributed by atoms with Crippen LogP contribution in [0.2, 0.25) is 0 Å². The van der Waals surface area contributed by atoms with E-state index in [9.17, 15) is 14.7 Å². The molecule has 6 heteroatoms. The van der Waals surface area contributed by atoms with Crippen molar-refractivity contribution in [3.8, 4) is 0 Å². The molecule has 0 amide bonds. The van der Waals surface area contributed by atoms with Gasteiger partial charge in [-0.3, -0.25) is 4.79 Å². The lowest BCUT2D eigenvalue weighted by Gasteiger charge is -2.37. The fourth-order valence-electron chi connectivity index (χ4n) is 2.80. The maximum Gasteiger partial charge on any atom is 0.326 e. The number of nitrogens with one attached hydrogen (secondary N) is 1. The summed E-state index contributed by atoms with van der Waals surface area (Å²) in [4.78, 5) is 32.2. The maximum atomic E-state index is 11.8. The summed E-state index contributed by atoms with van der Waals surface area (Å²) in [5.74, 6) is 0.744. The zero-order valence-electron chi connectivity index (χ0n) is 12.8. The highest BCUT2D eigenvalue weighted by atomic mass is 16.4. The number of nitrogens with zero attached hydrogens (tertiary/aromatic N) is 2. The van der Waals surface area contributed by atoms with Gasteiger partial charge < -0.3 is 15.0 Å². The quantitative estimate of drug-likeness (QED) is 0.886. The summed E-state index contributed by atoms with van der Waals surface area (Å²) in [7, 11) is 0. The van der Waals surface area contributed by atoms with Crippen LogP contribution in [0.5, 0.6) is 0 Å². The first-order valence-corrected chi connectivity index (χ1v) is 7.53. The van der Waals surface area contributed by atoms with Gasteiger partial charge in [0, 0.05) is 18.5 Å². The molecular formula is C15H23N3O3. The van der Waals surface area contributed by atoms with Gasteiger partial charge in [0.05, 0.1) is 0 Å². The summed E-state index contributed by atoms with van der Waals surface area (Å²) in [5.41, 5.74) is -0.231. The van der Waals surface area contributed by atoms with Crippen molar-refractivity contribution in [2.75, 3.05) is 11.4 Å². The number of carbonyl (C=O) groups is 1. The lowest BCUT2D eigenvalue weighted by atomic mass is 9.89. The number of aliphatic carboxylic acids is 1. The predicted molar refractivity (Wildman–Crippen MR) is 80.7 cm³/mol. The molecule has 0 aromatic carbocycles. The summed E-state index contributed by atoms with van der Waals surface area (Å²) < 4.78 is 0. The summed E-state index contributed by atoms with van der Waals surface area (Å²) in [6, 6.07) is 0.798. The van der Waals surface area contributed by atoms with Gasteiger partial charge in [-0.15, -0.1) is 0 Å². The molecule has 2 heterocycles. The predicted octanol–water partition coefficient (Wildman–Crippen LogP) is 1.97. The Morgan fingerprint density at radius 3 is 2.86 bits per heavy atom. The molecule has 1 aliphatic heterocycles. The third kappa shape index (κ3) is 3.43. The van der Waals surface area contributed by atoms with E-state index in [2.05, 4.69) is 16.9 Å². The van der Waals surface area contributed by atoms with Crippen molar-refractivity contribution in [1.82, 2.24) is 9.97 Å². The topological polar surface area (TPSA) is 86.3 Å². The van der Waals surface area contributed by atoms with E-state index in [1.54, 1.807) is 4.90 Å². The lowest BCUT2D eigenvalue weighted by molar-refractivity contribution is -0.139. The minimum absolute atomic E-state index is 0.0918. The first-order chi connectivity index (χ1) is 9.92. The van der Waals surface area contributed by atoms with Crippen molar-refractivity contribution in [2.45, 2.75) is 52.0 Å². The van der Waals surface area contributed by atoms with E-state index >= 15 is 0 Å². The Kier molecular flexibility index (Phi) is 4.65. The molecule has 1 aromatic rings. The van der Waals surface area contributed by atoms with Gasteiger partial charge in [0.1, 0.15) is 17.7 Å². The third-order valence-corrected chi connectivity index (χ3v) is 4.16. The number of anilines is 1. The average Bonchev–Trinajstić information content (AvgIpc) is 2.45. The lowest BCUT2D eigenvalue weighted by Crippen LogP contribution is -2.48. The first-order valence-electron chi connectivity index (χ1n) is 7.53. The molecule has 2 N–H and O–H groups in total. The molecular weight excluding hydrogens is 270 g/mol. The van der Waals surface area contributed by atoms with Crippen LogP contribution in [0.4, 0.5) is 5.82 Å². The summed E-state index contributed by atoms with van der Waals surface area (Å²) in [5, 5.41) is 9.48. The second kappa shape index (κ2) is 6.28. The Morgan fingerprint density at radius 2 is 2.29 bits per heavy atom. The first kappa shape index (κ1) is 15.5. The van der Waals surface area contributed by atoms with Crippen LogP contribution in [0.1, 0.15) is 51.8 Å². The van der Waals surface area contributed by atoms with Crippen molar-refractivity contribution in [3.05, 3.63) is 22.2 Å². The minimum atomic E-state index is -0.846. The van der Waals surface area contributed by atoms with Crippen LogP contribution < -0.4 is 10.5 Å². The number of hydrogen-bond donors (Lipinski definition) is 2. The molecule has 0 radical (unpaired) electrons. The number of hydrogen-bond acceptors (Lipinski definition) is 4. The molecule has 2 atom stereocenters. The Bertz CT molecular complexity index is 568. The van der Waals surface area contributed by atoms with Crippen molar-refractivity contribution >= 4 is 11.8 Å². The SMILES string of the molecule is CCC1CCN(c2cc(=O)[nH]c(C(C)C)n2)C(C(=O)O)C1. The second-order valence-electron chi connectivity index (χ2n) is 5.99. The van der Waals surface area contributed by atoms with Crippen molar-refractivity contribution in [3.63, 3.8) is 0 Å². The smallest absolute Gasteiger partial charge is 0.326 e. The van der Waals surface area contributed by atoms with Gasteiger partial charge in [-0.05, 0) is 18.8 Å². The molecule has 0 saturated carbocycles. The molecule has 0 bridgehead atoms. The molecule has 21 heavy (non-hydrogen) atoms. The largest absolute Gasteiger partial charge is 0.480 e. The molecule has 0 spiro atoms. The molecule has 1 aromatic heterocycles. The molecule has 1 saturated heterocycles. The van der Waals surface area contributed by atoms with E-state index in [1.807, 2.05) is 13.8 Å². The minimum Gasteiger partial charge on any atom is -0.480 e. The number of aromatic nitrogens is 2. The standard InChI is InChI=1S/C15H23N3O3/c1-4-10-5-6-18(11(7-10)15(20)21)12-8-13(19)17-14(16-12)9(2)3/h8-11H,4-7H2,1-3H3,(H,20,21)(H,16,17,19). The molecule has 2 rings (SSSR count). The molecule has 0 aliphatic carbocycles. The van der Waals surface area contributed by atoms with Crippen LogP contribution in [-0.4, -0.2) is 33.6 Å². The number of carboxylic acid groups (broad SMARTS) is 1. The van der Waals surface area contributed by atoms with E-state index < -0.39 is 12.0 Å². The van der Waals surface area contributed by atoms with E-state index in [4.69, 9.17) is 0 Å². The van der Waals surface area contributed by atoms with Gasteiger partial charge in [0.2, 0.25) is 0 Å². The highest BCUT2D eigenvalue weighted by molar-refractivity contribution is 5.78. The number of carboxylic acids is 1. The Morgan fingerprint density at radius 1 is 1.57 bits per heavy atom. The fraction of sp³-hybridized carbons (Fsp3) is 0.667. The zero-order chi connectivity index (χ0) is 15.6. The highest BCUT2D eigenvalue weighted by Crippen LogP contribution is 2.28. The average molecular weight is 293 g/mol. The summed E-state index contributed by atoms with van der Waals surface area (Å²) in [6.07, 6.45) is 2.53. The monoisotopic (exact) mass is 293 g/mol. The molecule has 6 nitrogen and oxygen atoms in total. The maximum absolute atomic E-state index is 11.8. The van der Waals surface area contributed by atoms with E-state index in [0.29, 0.717) is 30.5 Å². The van der Waals surface area contributed by atoms with Gasteiger partial charge in [-0.1, -0.05) is 27.2 Å². The van der Waals surface area contributed by atoms with E-state index in [-0.39, 0.29) is 11.5 Å². The van der Waals surface area contributed by atoms with Crippen LogP contribution in [-0.2, 0) is 4.79 Å². The Balaban J connectivity index is 2.35. The van der Waals surface area contributed by atoms with Gasteiger partial charge in [0.25, 0.3) is 5.56 Å². The molecule has 1 fully saturated rings. The highest BCUT2D eigenvalue weighted by Gasteiger charge is 2.33. The van der Waals surface area contributed by atoms with Gasteiger partial charge in [0.15, 0.2) is 0 Å². The van der Waals surface area contributed by atoms with Gasteiger partial charge in [-0.25, -0.2) is 9.78 Å². The summed E-state index contributed by atoms with van der Waals surface area (Å²) in [6.45, 7) is 6.60. The number of H-pyrrole nitrogens is 1. The van der Waals surface area contributed by atoms with Crippen LogP contribution in [0.25, 0.3) is 0 Å². The zero-order valence-corrected chi connectivity index (χ0v) is 12.8. The Labute approximate surface area is 124 Å². The third-order valence-electron chi connectivity index (χ3n) is 4.16. The van der Waals surface area contributed by atoms with E-state index in [0.717, 1.165) is 12.8 Å². The number of piperidine rings is 1. The number of aromatic amines is 1. The molecule has 116 valence electrons. The Hall–Kier alpha value is -1.85. The van der Waals surface area contributed by atoms with Crippen LogP contribution in [0.15, 0.2) is 10.9 Å². The fourth-order valence-corrected chi connectivity index (χ4v) is 2.80. The molecule has 1 aliphatic rings. The van der Waals surface area contributed by atoms with Crippen molar-refractivity contribution < 1.29 is 9.90 Å². The van der Waals surface area contributed by atoms with E-state index in [1.165, 1.54) is 6.07 Å². The second-order valence-corrected chi connectivity index (χ2v) is 5.99. The van der Waals surface area contributed by atoms with Crippen LogP contribution >= 0.6 is 0 Å². The van der Waals surface area contributed by atoms with Crippen LogP contribution in [0.3, 0.4) is 0 Å². The summed E-state index contributed by atoms with van der Waals surface area (Å²) >= 11 is 0. The van der Waals surface area contributed by atoms with Gasteiger partial charge >= 0.3 is 5.97 Å². The molecule has 2 unspecified atom stereocenters.